The van der Waals surface area contributed by atoms with Crippen molar-refractivity contribution in [1.29, 1.82) is 0 Å². The molecule has 2 aromatic rings. The van der Waals surface area contributed by atoms with Crippen molar-refractivity contribution in [1.82, 2.24) is 15.8 Å². The Kier molecular flexibility index (Phi) is 7.25. The summed E-state index contributed by atoms with van der Waals surface area (Å²) in [7, 11) is 3.24. The molecule has 1 aromatic heterocycles. The molecule has 0 aliphatic carbocycles. The summed E-state index contributed by atoms with van der Waals surface area (Å²) in [6, 6.07) is 11.1. The molecule has 1 amide bonds. The number of amides is 1. The number of nitrogens with one attached hydrogen (secondary N) is 3. The van der Waals surface area contributed by atoms with Gasteiger partial charge in [-0.1, -0.05) is 29.8 Å². The molecule has 3 N–H and O–H groups in total. The van der Waals surface area contributed by atoms with Gasteiger partial charge in [-0.3, -0.25) is 4.79 Å². The molecule has 132 valence electrons. The maximum absolute atomic E-state index is 12.4. The Balaban J connectivity index is 1.96. The van der Waals surface area contributed by atoms with Crippen LogP contribution >= 0.6 is 11.6 Å². The fourth-order valence-electron chi connectivity index (χ4n) is 2.14. The van der Waals surface area contributed by atoms with Gasteiger partial charge in [0.15, 0.2) is 0 Å². The number of methoxy groups -OCH3 is 1. The SMILES string of the molecule is CNN/C(=C\CCc1ccc(Cl)cc1)C(=O)Nc1ccc(OC)nc1. The van der Waals surface area contributed by atoms with Gasteiger partial charge in [0.25, 0.3) is 5.91 Å². The Morgan fingerprint density at radius 2 is 2.00 bits per heavy atom. The number of halogens is 1. The number of ether oxygens (including phenoxy) is 1. The lowest BCUT2D eigenvalue weighted by molar-refractivity contribution is -0.113. The second-order valence-electron chi connectivity index (χ2n) is 5.20. The van der Waals surface area contributed by atoms with Crippen LogP contribution in [0.2, 0.25) is 5.02 Å². The lowest BCUT2D eigenvalue weighted by Crippen LogP contribution is -2.33. The van der Waals surface area contributed by atoms with E-state index in [1.165, 1.54) is 0 Å². The second kappa shape index (κ2) is 9.66. The highest BCUT2D eigenvalue weighted by molar-refractivity contribution is 6.30. The molecule has 2 rings (SSSR count). The van der Waals surface area contributed by atoms with E-state index in [2.05, 4.69) is 21.2 Å². The topological polar surface area (TPSA) is 75.3 Å². The molecule has 0 unspecified atom stereocenters. The van der Waals surface area contributed by atoms with E-state index in [9.17, 15) is 4.79 Å². The molecule has 0 aliphatic heterocycles. The molecular weight excluding hydrogens is 340 g/mol. The average molecular weight is 361 g/mol. The van der Waals surface area contributed by atoms with E-state index in [1.807, 2.05) is 30.3 Å². The first-order valence-corrected chi connectivity index (χ1v) is 8.19. The molecule has 0 aliphatic rings. The average Bonchev–Trinajstić information content (AvgIpc) is 2.63. The third-order valence-corrected chi connectivity index (χ3v) is 3.65. The summed E-state index contributed by atoms with van der Waals surface area (Å²) in [4.78, 5) is 16.4. The fraction of sp³-hybridized carbons (Fsp3) is 0.222. The number of aryl methyl sites for hydroxylation is 1. The van der Waals surface area contributed by atoms with Gasteiger partial charge >= 0.3 is 0 Å². The third kappa shape index (κ3) is 6.10. The van der Waals surface area contributed by atoms with Crippen LogP contribution in [0.3, 0.4) is 0 Å². The van der Waals surface area contributed by atoms with Crippen LogP contribution in [0, 0.1) is 0 Å². The molecular formula is C18H21ClN4O2. The number of hydrazine groups is 1. The zero-order valence-electron chi connectivity index (χ0n) is 14.2. The Bertz CT molecular complexity index is 715. The number of aromatic nitrogens is 1. The highest BCUT2D eigenvalue weighted by Gasteiger charge is 2.09. The number of carbonyl (C=O) groups excluding carboxylic acids is 1. The monoisotopic (exact) mass is 360 g/mol. The van der Waals surface area contributed by atoms with E-state index >= 15 is 0 Å². The van der Waals surface area contributed by atoms with Crippen LogP contribution in [-0.4, -0.2) is 25.0 Å². The van der Waals surface area contributed by atoms with Gasteiger partial charge in [-0.2, -0.15) is 0 Å². The van der Waals surface area contributed by atoms with Crippen molar-refractivity contribution in [3.8, 4) is 5.88 Å². The summed E-state index contributed by atoms with van der Waals surface area (Å²) in [5.41, 5.74) is 7.81. The molecule has 0 saturated heterocycles. The van der Waals surface area contributed by atoms with Crippen molar-refractivity contribution in [3.05, 3.63) is 65.0 Å². The lowest BCUT2D eigenvalue weighted by atomic mass is 10.1. The third-order valence-electron chi connectivity index (χ3n) is 3.40. The number of hydrogen-bond donors (Lipinski definition) is 3. The minimum atomic E-state index is -0.252. The smallest absolute Gasteiger partial charge is 0.272 e. The van der Waals surface area contributed by atoms with Gasteiger partial charge in [-0.15, -0.1) is 0 Å². The first kappa shape index (κ1) is 18.8. The van der Waals surface area contributed by atoms with E-state index in [4.69, 9.17) is 16.3 Å². The number of hydrogen-bond acceptors (Lipinski definition) is 5. The van der Waals surface area contributed by atoms with Crippen LogP contribution < -0.4 is 20.9 Å². The molecule has 0 bridgehead atoms. The summed E-state index contributed by atoms with van der Waals surface area (Å²) in [5, 5.41) is 3.50. The number of anilines is 1. The maximum atomic E-state index is 12.4. The van der Waals surface area contributed by atoms with Crippen molar-refractivity contribution in [3.63, 3.8) is 0 Å². The number of rotatable bonds is 8. The molecule has 0 spiro atoms. The van der Waals surface area contributed by atoms with Crippen molar-refractivity contribution in [2.45, 2.75) is 12.8 Å². The largest absolute Gasteiger partial charge is 0.481 e. The Hall–Kier alpha value is -2.57. The number of carbonyl (C=O) groups is 1. The molecule has 0 atom stereocenters. The molecule has 1 aromatic carbocycles. The minimum Gasteiger partial charge on any atom is -0.481 e. The van der Waals surface area contributed by atoms with Crippen LogP contribution in [0.1, 0.15) is 12.0 Å². The molecule has 7 heteroatoms. The molecule has 0 radical (unpaired) electrons. The van der Waals surface area contributed by atoms with Crippen LogP contribution in [0.5, 0.6) is 5.88 Å². The molecule has 0 saturated carbocycles. The number of benzene rings is 1. The van der Waals surface area contributed by atoms with Gasteiger partial charge in [-0.05, 0) is 36.6 Å². The number of nitrogens with zero attached hydrogens (tertiary/aromatic N) is 1. The van der Waals surface area contributed by atoms with E-state index < -0.39 is 0 Å². The zero-order chi connectivity index (χ0) is 18.1. The van der Waals surface area contributed by atoms with Gasteiger partial charge in [0.05, 0.1) is 19.0 Å². The number of allylic oxidation sites excluding steroid dienone is 1. The van der Waals surface area contributed by atoms with Crippen molar-refractivity contribution < 1.29 is 9.53 Å². The highest BCUT2D eigenvalue weighted by atomic mass is 35.5. The lowest BCUT2D eigenvalue weighted by Gasteiger charge is -2.11. The first-order valence-electron chi connectivity index (χ1n) is 7.81. The minimum absolute atomic E-state index is 0.252. The van der Waals surface area contributed by atoms with Crippen molar-refractivity contribution in [2.24, 2.45) is 0 Å². The van der Waals surface area contributed by atoms with Gasteiger partial charge in [0, 0.05) is 18.1 Å². The molecule has 25 heavy (non-hydrogen) atoms. The second-order valence-corrected chi connectivity index (χ2v) is 5.64. The van der Waals surface area contributed by atoms with Crippen LogP contribution in [-0.2, 0) is 11.2 Å². The van der Waals surface area contributed by atoms with Crippen LogP contribution in [0.25, 0.3) is 0 Å². The van der Waals surface area contributed by atoms with E-state index in [0.717, 1.165) is 12.0 Å². The van der Waals surface area contributed by atoms with Crippen LogP contribution in [0.15, 0.2) is 54.4 Å². The fourth-order valence-corrected chi connectivity index (χ4v) is 2.27. The Labute approximate surface area is 152 Å². The molecule has 6 nitrogen and oxygen atoms in total. The quantitative estimate of drug-likeness (QED) is 0.498. The standard InChI is InChI=1S/C18H21ClN4O2/c1-20-23-16(5-3-4-13-6-8-14(19)9-7-13)18(24)22-15-10-11-17(25-2)21-12-15/h5-12,20,23H,3-4H2,1-2H3,(H,22,24)/b16-5-. The van der Waals surface area contributed by atoms with E-state index in [0.29, 0.717) is 28.7 Å². The maximum Gasteiger partial charge on any atom is 0.272 e. The van der Waals surface area contributed by atoms with Gasteiger partial charge < -0.3 is 15.5 Å². The summed E-state index contributed by atoms with van der Waals surface area (Å²) in [6.07, 6.45) is 4.90. The van der Waals surface area contributed by atoms with E-state index in [-0.39, 0.29) is 5.91 Å². The molecule has 1 heterocycles. The van der Waals surface area contributed by atoms with E-state index in [1.54, 1.807) is 32.5 Å². The zero-order valence-corrected chi connectivity index (χ0v) is 14.9. The van der Waals surface area contributed by atoms with Crippen molar-refractivity contribution in [2.75, 3.05) is 19.5 Å². The summed E-state index contributed by atoms with van der Waals surface area (Å²) in [5.74, 6) is 0.238. The Morgan fingerprint density at radius 1 is 1.24 bits per heavy atom. The predicted molar refractivity (Wildman–Crippen MR) is 99.5 cm³/mol. The molecule has 0 fully saturated rings. The van der Waals surface area contributed by atoms with Gasteiger partial charge in [0.1, 0.15) is 5.70 Å². The Morgan fingerprint density at radius 3 is 2.60 bits per heavy atom. The first-order chi connectivity index (χ1) is 12.1. The highest BCUT2D eigenvalue weighted by Crippen LogP contribution is 2.13. The number of pyridine rings is 1. The summed E-state index contributed by atoms with van der Waals surface area (Å²) < 4.78 is 5.00. The van der Waals surface area contributed by atoms with Crippen LogP contribution in [0.4, 0.5) is 5.69 Å². The van der Waals surface area contributed by atoms with Gasteiger partial charge in [0.2, 0.25) is 5.88 Å². The van der Waals surface area contributed by atoms with Gasteiger partial charge in [-0.25, -0.2) is 10.4 Å². The predicted octanol–water partition coefficient (Wildman–Crippen LogP) is 2.92. The normalized spacial score (nSPS) is 11.1. The summed E-state index contributed by atoms with van der Waals surface area (Å²) in [6.45, 7) is 0. The summed E-state index contributed by atoms with van der Waals surface area (Å²) >= 11 is 5.88. The van der Waals surface area contributed by atoms with Crippen molar-refractivity contribution >= 4 is 23.2 Å².